The molecule has 0 unspecified atom stereocenters. The second-order valence-electron chi connectivity index (χ2n) is 17.4. The first kappa shape index (κ1) is 43.4. The lowest BCUT2D eigenvalue weighted by molar-refractivity contribution is 0.113. The summed E-state index contributed by atoms with van der Waals surface area (Å²) in [5.41, 5.74) is 25.5. The SMILES string of the molecule is CSc1cc(OCCCCCCCCCC(F)F)ccc1CNNN1CCC(c2c(-c3c(-c4ccc(F)cc4)ccc4c3Cc3ccccc3-4)ccc3c2Cc2ccccc2-3)CC1. The van der Waals surface area contributed by atoms with Crippen LogP contribution in [-0.2, 0) is 19.4 Å². The molecule has 1 heterocycles. The van der Waals surface area contributed by atoms with Gasteiger partial charge < -0.3 is 4.74 Å². The van der Waals surface area contributed by atoms with Crippen LogP contribution in [0.15, 0.2) is 120 Å². The molecule has 2 aliphatic carbocycles. The predicted octanol–water partition coefficient (Wildman–Crippen LogP) is 14.2. The van der Waals surface area contributed by atoms with E-state index < -0.39 is 6.43 Å². The molecule has 0 radical (unpaired) electrons. The normalized spacial score (nSPS) is 14.5. The van der Waals surface area contributed by atoms with Crippen LogP contribution in [0.4, 0.5) is 13.2 Å². The van der Waals surface area contributed by atoms with Gasteiger partial charge in [-0.3, -0.25) is 0 Å². The van der Waals surface area contributed by atoms with Gasteiger partial charge in [-0.25, -0.2) is 23.6 Å². The van der Waals surface area contributed by atoms with Gasteiger partial charge in [0.15, 0.2) is 0 Å². The minimum Gasteiger partial charge on any atom is -0.494 e. The van der Waals surface area contributed by atoms with Crippen molar-refractivity contribution < 1.29 is 17.9 Å². The molecule has 2 N–H and O–H groups in total. The lowest BCUT2D eigenvalue weighted by Crippen LogP contribution is -2.49. The summed E-state index contributed by atoms with van der Waals surface area (Å²) >= 11 is 1.74. The predicted molar refractivity (Wildman–Crippen MR) is 254 cm³/mol. The first-order valence-electron chi connectivity index (χ1n) is 23.0. The molecule has 0 bridgehead atoms. The van der Waals surface area contributed by atoms with Crippen molar-refractivity contribution in [1.82, 2.24) is 16.0 Å². The Morgan fingerprint density at radius 2 is 1.29 bits per heavy atom. The van der Waals surface area contributed by atoms with Crippen molar-refractivity contribution in [2.45, 2.75) is 101 Å². The summed E-state index contributed by atoms with van der Waals surface area (Å²) in [6.07, 6.45) is 10.7. The molecule has 9 rings (SSSR count). The van der Waals surface area contributed by atoms with E-state index in [0.29, 0.717) is 25.5 Å². The largest absolute Gasteiger partial charge is 0.494 e. The molecule has 6 aromatic carbocycles. The second-order valence-corrected chi connectivity index (χ2v) is 18.3. The number of hydrogen-bond donors (Lipinski definition) is 2. The fourth-order valence-electron chi connectivity index (χ4n) is 10.3. The quantitative estimate of drug-likeness (QED) is 0.0481. The Morgan fingerprint density at radius 3 is 1.98 bits per heavy atom. The smallest absolute Gasteiger partial charge is 0.238 e. The highest BCUT2D eigenvalue weighted by Crippen LogP contribution is 2.52. The van der Waals surface area contributed by atoms with Crippen molar-refractivity contribution in [1.29, 1.82) is 0 Å². The van der Waals surface area contributed by atoms with Gasteiger partial charge >= 0.3 is 0 Å². The van der Waals surface area contributed by atoms with Gasteiger partial charge in [0.05, 0.1) is 6.61 Å². The monoisotopic (exact) mass is 865 g/mol. The Bertz CT molecular complexity index is 2520. The van der Waals surface area contributed by atoms with Crippen LogP contribution in [0.25, 0.3) is 44.5 Å². The molecule has 0 amide bonds. The summed E-state index contributed by atoms with van der Waals surface area (Å²) in [5.74, 6) is 1.06. The first-order chi connectivity index (χ1) is 30.9. The highest BCUT2D eigenvalue weighted by atomic mass is 32.2. The maximum Gasteiger partial charge on any atom is 0.238 e. The third-order valence-corrected chi connectivity index (χ3v) is 14.3. The van der Waals surface area contributed by atoms with Gasteiger partial charge in [0.1, 0.15) is 11.6 Å². The number of hydrogen-bond acceptors (Lipinski definition) is 5. The molecule has 3 aliphatic rings. The lowest BCUT2D eigenvalue weighted by Gasteiger charge is -2.35. The van der Waals surface area contributed by atoms with E-state index in [9.17, 15) is 13.2 Å². The number of ether oxygens (including phenoxy) is 1. The minimum atomic E-state index is -2.17. The number of nitrogens with zero attached hydrogens (tertiary/aromatic N) is 1. The van der Waals surface area contributed by atoms with Gasteiger partial charge in [0, 0.05) is 31.0 Å². The Kier molecular flexibility index (Phi) is 14.0. The number of benzene rings is 6. The second kappa shape index (κ2) is 20.3. The van der Waals surface area contributed by atoms with Crippen LogP contribution < -0.4 is 15.7 Å². The van der Waals surface area contributed by atoms with E-state index in [4.69, 9.17) is 4.74 Å². The van der Waals surface area contributed by atoms with Gasteiger partial charge in [-0.15, -0.1) is 11.8 Å². The fraction of sp³-hybridized carbons (Fsp3) is 0.345. The molecule has 0 atom stereocenters. The third-order valence-electron chi connectivity index (χ3n) is 13.5. The topological polar surface area (TPSA) is 36.5 Å². The maximum atomic E-state index is 14.3. The molecule has 0 spiro atoms. The number of halogens is 3. The molecule has 0 aromatic heterocycles. The number of piperidine rings is 1. The number of hydrazine groups is 2. The summed E-state index contributed by atoms with van der Waals surface area (Å²) in [6, 6.07) is 40.5. The Labute approximate surface area is 375 Å². The Morgan fingerprint density at radius 1 is 0.667 bits per heavy atom. The van der Waals surface area contributed by atoms with E-state index >= 15 is 0 Å². The Hall–Kier alpha value is -4.86. The van der Waals surface area contributed by atoms with Crippen molar-refractivity contribution in [3.8, 4) is 50.3 Å². The number of unbranched alkanes of at least 4 members (excludes halogenated alkanes) is 6. The fourth-order valence-corrected chi connectivity index (χ4v) is 10.9. The zero-order valence-corrected chi connectivity index (χ0v) is 37.2. The van der Waals surface area contributed by atoms with E-state index in [0.717, 1.165) is 94.2 Å². The van der Waals surface area contributed by atoms with Crippen LogP contribution in [0.5, 0.6) is 5.75 Å². The van der Waals surface area contributed by atoms with Crippen molar-refractivity contribution in [3.63, 3.8) is 0 Å². The average molecular weight is 866 g/mol. The summed E-state index contributed by atoms with van der Waals surface area (Å²) in [5, 5.41) is 2.33. The minimum absolute atomic E-state index is 0.0296. The summed E-state index contributed by atoms with van der Waals surface area (Å²) in [6.45, 7) is 3.21. The molecule has 8 heteroatoms. The van der Waals surface area contributed by atoms with Gasteiger partial charge in [0.25, 0.3) is 0 Å². The molecule has 1 aliphatic heterocycles. The molecular weight excluding hydrogens is 808 g/mol. The van der Waals surface area contributed by atoms with E-state index in [1.807, 2.05) is 12.1 Å². The van der Waals surface area contributed by atoms with E-state index in [1.165, 1.54) is 71.7 Å². The van der Waals surface area contributed by atoms with Crippen LogP contribution in [0, 0.1) is 5.82 Å². The lowest BCUT2D eigenvalue weighted by atomic mass is 9.77. The summed E-state index contributed by atoms with van der Waals surface area (Å²) < 4.78 is 45.1. The molecular formula is C55H58F3N3OS. The molecule has 63 heavy (non-hydrogen) atoms. The molecule has 6 aromatic rings. The van der Waals surface area contributed by atoms with Crippen molar-refractivity contribution in [3.05, 3.63) is 154 Å². The van der Waals surface area contributed by atoms with Gasteiger partial charge in [-0.2, -0.15) is 5.53 Å². The summed E-state index contributed by atoms with van der Waals surface area (Å²) in [7, 11) is 0. The van der Waals surface area contributed by atoms with Crippen molar-refractivity contribution in [2.75, 3.05) is 26.0 Å². The molecule has 4 nitrogen and oxygen atoms in total. The van der Waals surface area contributed by atoms with Crippen LogP contribution in [-0.4, -0.2) is 37.4 Å². The van der Waals surface area contributed by atoms with Crippen molar-refractivity contribution >= 4 is 11.8 Å². The average Bonchev–Trinajstić information content (AvgIpc) is 3.88. The van der Waals surface area contributed by atoms with Crippen LogP contribution in [0.1, 0.15) is 104 Å². The number of rotatable bonds is 19. The third kappa shape index (κ3) is 9.80. The standard InChI is InChI=1S/C55H58F3N3OS/c1-63-52-35-43(62-32-12-6-4-2-3-5-7-17-53(57)58)23-20-41(52)36-59-60-61-30-28-38(29-31-61)54-49(27-26-47-44-15-10-8-13-39(44)33-50(47)54)55-46(37-18-21-42(56)22-19-37)24-25-48-45-16-11-9-14-40(45)34-51(48)55/h8-11,13-16,18-27,35,38,53,59-60H,2-7,12,17,28-34,36H2,1H3. The van der Waals surface area contributed by atoms with Crippen LogP contribution in [0.3, 0.4) is 0 Å². The molecule has 1 saturated heterocycles. The van der Waals surface area contributed by atoms with E-state index in [-0.39, 0.29) is 12.2 Å². The zero-order chi connectivity index (χ0) is 43.1. The number of fused-ring (bicyclic) bond motifs is 6. The number of thioether (sulfide) groups is 1. The van der Waals surface area contributed by atoms with E-state index in [1.54, 1.807) is 23.9 Å². The van der Waals surface area contributed by atoms with E-state index in [2.05, 4.69) is 113 Å². The summed E-state index contributed by atoms with van der Waals surface area (Å²) in [4.78, 5) is 1.20. The highest BCUT2D eigenvalue weighted by molar-refractivity contribution is 7.98. The van der Waals surface area contributed by atoms with Crippen LogP contribution in [0.2, 0.25) is 0 Å². The highest BCUT2D eigenvalue weighted by Gasteiger charge is 2.33. The molecule has 1 fully saturated rings. The maximum absolute atomic E-state index is 14.3. The van der Waals surface area contributed by atoms with Gasteiger partial charge in [0.2, 0.25) is 6.43 Å². The van der Waals surface area contributed by atoms with Gasteiger partial charge in [-0.05, 0) is 153 Å². The number of alkyl halides is 2. The zero-order valence-electron chi connectivity index (χ0n) is 36.3. The Balaban J connectivity index is 0.881. The van der Waals surface area contributed by atoms with Crippen LogP contribution >= 0.6 is 11.8 Å². The molecule has 326 valence electrons. The first-order valence-corrected chi connectivity index (χ1v) is 24.2. The van der Waals surface area contributed by atoms with Crippen molar-refractivity contribution in [2.24, 2.45) is 0 Å². The number of nitrogens with one attached hydrogen (secondary N) is 2. The molecule has 0 saturated carbocycles. The van der Waals surface area contributed by atoms with Gasteiger partial charge in [-0.1, -0.05) is 123 Å².